The van der Waals surface area contributed by atoms with E-state index < -0.39 is 6.10 Å². The summed E-state index contributed by atoms with van der Waals surface area (Å²) in [7, 11) is 1.77. The number of benzene rings is 1. The van der Waals surface area contributed by atoms with Gasteiger partial charge in [0.25, 0.3) is 5.91 Å². The third-order valence-electron chi connectivity index (χ3n) is 2.92. The maximum Gasteiger partial charge on any atom is 0.267 e. The lowest BCUT2D eigenvalue weighted by atomic mass is 10.1. The Morgan fingerprint density at radius 1 is 1.53 bits per heavy atom. The number of carbonyl (C=O) groups excluding carboxylic acids is 1. The summed E-state index contributed by atoms with van der Waals surface area (Å²) in [6, 6.07) is 5.99. The van der Waals surface area contributed by atoms with E-state index in [1.54, 1.807) is 18.9 Å². The minimum atomic E-state index is -0.410. The van der Waals surface area contributed by atoms with E-state index >= 15 is 0 Å². The highest BCUT2D eigenvalue weighted by Crippen LogP contribution is 2.34. The normalized spacial score (nSPS) is 20.8. The van der Waals surface area contributed by atoms with Gasteiger partial charge in [0.1, 0.15) is 5.75 Å². The van der Waals surface area contributed by atoms with E-state index in [1.165, 1.54) is 0 Å². The molecule has 0 aliphatic carbocycles. The molecule has 2 rings (SSSR count). The van der Waals surface area contributed by atoms with Gasteiger partial charge in [-0.1, -0.05) is 6.07 Å². The van der Waals surface area contributed by atoms with E-state index in [0.29, 0.717) is 0 Å². The second-order valence-electron chi connectivity index (χ2n) is 4.64. The predicted octanol–water partition coefficient (Wildman–Crippen LogP) is 1.32. The second kappa shape index (κ2) is 4.37. The zero-order valence-corrected chi connectivity index (χ0v) is 10.4. The third kappa shape index (κ3) is 2.26. The van der Waals surface area contributed by atoms with Crippen molar-refractivity contribution in [2.45, 2.75) is 32.4 Å². The van der Waals surface area contributed by atoms with Crippen LogP contribution in [0.1, 0.15) is 19.4 Å². The van der Waals surface area contributed by atoms with Crippen molar-refractivity contribution in [2.75, 3.05) is 11.9 Å². The average molecular weight is 234 g/mol. The lowest BCUT2D eigenvalue weighted by molar-refractivity contribution is -0.125. The number of anilines is 1. The minimum absolute atomic E-state index is 0.0181. The van der Waals surface area contributed by atoms with Gasteiger partial charge in [-0.25, -0.2) is 0 Å². The second-order valence-corrected chi connectivity index (χ2v) is 4.64. The Morgan fingerprint density at radius 3 is 2.88 bits per heavy atom. The first kappa shape index (κ1) is 11.9. The smallest absolute Gasteiger partial charge is 0.267 e. The molecule has 4 nitrogen and oxygen atoms in total. The molecular formula is C13H18N2O2. The fourth-order valence-corrected chi connectivity index (χ4v) is 2.06. The third-order valence-corrected chi connectivity index (χ3v) is 2.92. The summed E-state index contributed by atoms with van der Waals surface area (Å²) in [6.45, 7) is 3.73. The monoisotopic (exact) mass is 234 g/mol. The zero-order valence-electron chi connectivity index (χ0n) is 10.4. The van der Waals surface area contributed by atoms with Gasteiger partial charge in [0, 0.05) is 13.1 Å². The quantitative estimate of drug-likeness (QED) is 0.839. The fourth-order valence-electron chi connectivity index (χ4n) is 2.06. The molecule has 2 N–H and O–H groups in total. The molecular weight excluding hydrogens is 216 g/mol. The van der Waals surface area contributed by atoms with Crippen LogP contribution in [0.25, 0.3) is 0 Å². The SMILES string of the molecule is CC(N)Cc1ccc2c(c1)N(C)C(=O)C(C)O2. The van der Waals surface area contributed by atoms with Crippen molar-refractivity contribution in [2.24, 2.45) is 5.73 Å². The van der Waals surface area contributed by atoms with E-state index in [4.69, 9.17) is 10.5 Å². The van der Waals surface area contributed by atoms with Gasteiger partial charge >= 0.3 is 0 Å². The van der Waals surface area contributed by atoms with Crippen LogP contribution in [0.15, 0.2) is 18.2 Å². The molecule has 0 saturated carbocycles. The van der Waals surface area contributed by atoms with Crippen LogP contribution in [0.2, 0.25) is 0 Å². The largest absolute Gasteiger partial charge is 0.479 e. The van der Waals surface area contributed by atoms with Crippen molar-refractivity contribution in [3.8, 4) is 5.75 Å². The Balaban J connectivity index is 2.35. The van der Waals surface area contributed by atoms with Crippen LogP contribution >= 0.6 is 0 Å². The molecule has 2 unspecified atom stereocenters. The summed E-state index contributed by atoms with van der Waals surface area (Å²) < 4.78 is 5.55. The number of nitrogens with two attached hydrogens (primary N) is 1. The molecule has 17 heavy (non-hydrogen) atoms. The molecule has 1 aliphatic rings. The van der Waals surface area contributed by atoms with Crippen molar-refractivity contribution in [1.29, 1.82) is 0 Å². The Kier molecular flexibility index (Phi) is 3.07. The number of nitrogens with zero attached hydrogens (tertiary/aromatic N) is 1. The number of carbonyl (C=O) groups is 1. The number of fused-ring (bicyclic) bond motifs is 1. The summed E-state index contributed by atoms with van der Waals surface area (Å²) in [4.78, 5) is 13.4. The molecule has 92 valence electrons. The van der Waals surface area contributed by atoms with Crippen molar-refractivity contribution >= 4 is 11.6 Å². The van der Waals surface area contributed by atoms with Crippen LogP contribution in [0.4, 0.5) is 5.69 Å². The first-order chi connectivity index (χ1) is 7.99. The van der Waals surface area contributed by atoms with E-state index in [-0.39, 0.29) is 11.9 Å². The van der Waals surface area contributed by atoms with Gasteiger partial charge in [-0.15, -0.1) is 0 Å². The maximum absolute atomic E-state index is 11.8. The van der Waals surface area contributed by atoms with E-state index in [0.717, 1.165) is 23.4 Å². The zero-order chi connectivity index (χ0) is 12.6. The number of hydrogen-bond acceptors (Lipinski definition) is 3. The van der Waals surface area contributed by atoms with Gasteiger partial charge in [0.2, 0.25) is 0 Å². The number of ether oxygens (including phenoxy) is 1. The molecule has 2 atom stereocenters. The fraction of sp³-hybridized carbons (Fsp3) is 0.462. The Labute approximate surface area is 101 Å². The van der Waals surface area contributed by atoms with Crippen LogP contribution in [-0.4, -0.2) is 25.1 Å². The summed E-state index contributed by atoms with van der Waals surface area (Å²) in [5.74, 6) is 0.739. The van der Waals surface area contributed by atoms with Crippen molar-refractivity contribution in [3.05, 3.63) is 23.8 Å². The molecule has 0 radical (unpaired) electrons. The molecule has 0 saturated heterocycles. The van der Waals surface area contributed by atoms with Crippen LogP contribution < -0.4 is 15.4 Å². The van der Waals surface area contributed by atoms with Crippen LogP contribution in [0.5, 0.6) is 5.75 Å². The summed E-state index contributed by atoms with van der Waals surface area (Å²) in [5.41, 5.74) is 7.72. The number of amides is 1. The highest BCUT2D eigenvalue weighted by atomic mass is 16.5. The Bertz CT molecular complexity index is 443. The van der Waals surface area contributed by atoms with Crippen LogP contribution in [0.3, 0.4) is 0 Å². The Hall–Kier alpha value is -1.55. The molecule has 4 heteroatoms. The first-order valence-corrected chi connectivity index (χ1v) is 5.81. The standard InChI is InChI=1S/C13H18N2O2/c1-8(14)6-10-4-5-12-11(7-10)15(3)13(16)9(2)17-12/h4-5,7-9H,6,14H2,1-3H3. The minimum Gasteiger partial charge on any atom is -0.479 e. The highest BCUT2D eigenvalue weighted by Gasteiger charge is 2.28. The summed E-state index contributed by atoms with van der Waals surface area (Å²) in [5, 5.41) is 0. The number of likely N-dealkylation sites (N-methyl/N-ethyl adjacent to an activating group) is 1. The Morgan fingerprint density at radius 2 is 2.24 bits per heavy atom. The van der Waals surface area contributed by atoms with Crippen molar-refractivity contribution in [3.63, 3.8) is 0 Å². The topological polar surface area (TPSA) is 55.6 Å². The van der Waals surface area contributed by atoms with Crippen LogP contribution in [-0.2, 0) is 11.2 Å². The maximum atomic E-state index is 11.8. The molecule has 0 bridgehead atoms. The lowest BCUT2D eigenvalue weighted by Crippen LogP contribution is -2.42. The molecule has 0 aromatic heterocycles. The van der Waals surface area contributed by atoms with Gasteiger partial charge < -0.3 is 15.4 Å². The van der Waals surface area contributed by atoms with Gasteiger partial charge in [-0.2, -0.15) is 0 Å². The van der Waals surface area contributed by atoms with Gasteiger partial charge in [-0.3, -0.25) is 4.79 Å². The average Bonchev–Trinajstić information content (AvgIpc) is 2.26. The van der Waals surface area contributed by atoms with Gasteiger partial charge in [0.15, 0.2) is 6.10 Å². The van der Waals surface area contributed by atoms with E-state index in [1.807, 2.05) is 25.1 Å². The number of hydrogen-bond donors (Lipinski definition) is 1. The van der Waals surface area contributed by atoms with Crippen LogP contribution in [0, 0.1) is 0 Å². The molecule has 1 amide bonds. The molecule has 1 aromatic rings. The summed E-state index contributed by atoms with van der Waals surface area (Å²) in [6.07, 6.45) is 0.386. The van der Waals surface area contributed by atoms with Crippen molar-refractivity contribution in [1.82, 2.24) is 0 Å². The molecule has 1 heterocycles. The molecule has 1 aromatic carbocycles. The van der Waals surface area contributed by atoms with E-state index in [2.05, 4.69) is 0 Å². The molecule has 0 spiro atoms. The van der Waals surface area contributed by atoms with Gasteiger partial charge in [-0.05, 0) is 38.0 Å². The highest BCUT2D eigenvalue weighted by molar-refractivity contribution is 5.99. The molecule has 0 fully saturated rings. The summed E-state index contributed by atoms with van der Waals surface area (Å²) >= 11 is 0. The molecule has 1 aliphatic heterocycles. The first-order valence-electron chi connectivity index (χ1n) is 5.81. The van der Waals surface area contributed by atoms with Crippen molar-refractivity contribution < 1.29 is 9.53 Å². The lowest BCUT2D eigenvalue weighted by Gasteiger charge is -2.30. The number of rotatable bonds is 2. The van der Waals surface area contributed by atoms with E-state index in [9.17, 15) is 4.79 Å². The predicted molar refractivity (Wildman–Crippen MR) is 67.3 cm³/mol. The van der Waals surface area contributed by atoms with Gasteiger partial charge in [0.05, 0.1) is 5.69 Å².